The highest BCUT2D eigenvalue weighted by atomic mass is 15.1. The molecular weight excluding hydrogens is 256 g/mol. The molecule has 124 valence electrons. The first-order valence-electron chi connectivity index (χ1n) is 9.38. The number of hydrogen-bond donors (Lipinski definition) is 1. The summed E-state index contributed by atoms with van der Waals surface area (Å²) in [7, 11) is 0. The lowest BCUT2D eigenvalue weighted by atomic mass is 9.76. The third-order valence-electron chi connectivity index (χ3n) is 5.95. The molecule has 2 unspecified atom stereocenters. The summed E-state index contributed by atoms with van der Waals surface area (Å²) < 4.78 is 0. The molecule has 2 heterocycles. The minimum Gasteiger partial charge on any atom is -0.316 e. The molecule has 2 aliphatic rings. The lowest BCUT2D eigenvalue weighted by molar-refractivity contribution is 0.105. The molecule has 0 aromatic heterocycles. The standard InChI is InChI=1S/C19H38N2/c1-5-10-19(11-7-12-20-15-19)16-21-13-6-8-17(9-14-21)18(2,3)4/h17,20H,5-16H2,1-4H3. The van der Waals surface area contributed by atoms with E-state index in [1.165, 1.54) is 77.7 Å². The Kier molecular flexibility index (Phi) is 6.14. The molecule has 2 saturated heterocycles. The molecule has 2 heteroatoms. The Hall–Kier alpha value is -0.0800. The van der Waals surface area contributed by atoms with Crippen LogP contribution in [-0.4, -0.2) is 37.6 Å². The lowest BCUT2D eigenvalue weighted by Crippen LogP contribution is -2.47. The van der Waals surface area contributed by atoms with Gasteiger partial charge in [0.1, 0.15) is 0 Å². The van der Waals surface area contributed by atoms with Crippen molar-refractivity contribution in [3.63, 3.8) is 0 Å². The summed E-state index contributed by atoms with van der Waals surface area (Å²) in [5, 5.41) is 3.67. The van der Waals surface area contributed by atoms with Gasteiger partial charge in [0.2, 0.25) is 0 Å². The summed E-state index contributed by atoms with van der Waals surface area (Å²) in [5.41, 5.74) is 1.05. The van der Waals surface area contributed by atoms with Crippen molar-refractivity contribution in [3.05, 3.63) is 0 Å². The average molecular weight is 295 g/mol. The Morgan fingerprint density at radius 2 is 1.95 bits per heavy atom. The Morgan fingerprint density at radius 3 is 2.57 bits per heavy atom. The van der Waals surface area contributed by atoms with Crippen LogP contribution in [0.3, 0.4) is 0 Å². The van der Waals surface area contributed by atoms with Gasteiger partial charge in [-0.05, 0) is 74.9 Å². The highest BCUT2D eigenvalue weighted by molar-refractivity contribution is 4.89. The van der Waals surface area contributed by atoms with Gasteiger partial charge in [0.05, 0.1) is 0 Å². The minimum absolute atomic E-state index is 0.490. The van der Waals surface area contributed by atoms with E-state index in [-0.39, 0.29) is 0 Å². The number of likely N-dealkylation sites (tertiary alicyclic amines) is 1. The largest absolute Gasteiger partial charge is 0.316 e. The quantitative estimate of drug-likeness (QED) is 0.831. The first kappa shape index (κ1) is 17.3. The number of rotatable bonds is 4. The van der Waals surface area contributed by atoms with E-state index in [9.17, 15) is 0 Å². The number of hydrogen-bond acceptors (Lipinski definition) is 2. The van der Waals surface area contributed by atoms with Crippen molar-refractivity contribution in [3.8, 4) is 0 Å². The van der Waals surface area contributed by atoms with Gasteiger partial charge in [0, 0.05) is 13.1 Å². The molecule has 2 fully saturated rings. The predicted molar refractivity (Wildman–Crippen MR) is 92.7 cm³/mol. The molecule has 0 amide bonds. The van der Waals surface area contributed by atoms with Gasteiger partial charge in [-0.2, -0.15) is 0 Å². The molecule has 21 heavy (non-hydrogen) atoms. The van der Waals surface area contributed by atoms with E-state index in [0.717, 1.165) is 5.92 Å². The monoisotopic (exact) mass is 294 g/mol. The zero-order valence-electron chi connectivity index (χ0n) is 15.0. The Labute approximate surface area is 133 Å². The van der Waals surface area contributed by atoms with Crippen molar-refractivity contribution >= 4 is 0 Å². The molecule has 1 N–H and O–H groups in total. The van der Waals surface area contributed by atoms with Gasteiger partial charge < -0.3 is 10.2 Å². The van der Waals surface area contributed by atoms with Gasteiger partial charge in [-0.15, -0.1) is 0 Å². The summed E-state index contributed by atoms with van der Waals surface area (Å²) in [4.78, 5) is 2.80. The van der Waals surface area contributed by atoms with Gasteiger partial charge in [-0.1, -0.05) is 34.1 Å². The maximum absolute atomic E-state index is 3.67. The Bertz CT molecular complexity index is 294. The molecule has 0 aliphatic carbocycles. The van der Waals surface area contributed by atoms with Gasteiger partial charge in [-0.3, -0.25) is 0 Å². The fourth-order valence-electron chi connectivity index (χ4n) is 4.64. The smallest absolute Gasteiger partial charge is 0.00501 e. The number of nitrogens with zero attached hydrogens (tertiary/aromatic N) is 1. The maximum atomic E-state index is 3.67. The Balaban J connectivity index is 1.92. The molecule has 0 saturated carbocycles. The minimum atomic E-state index is 0.490. The molecule has 2 nitrogen and oxygen atoms in total. The zero-order chi connectivity index (χ0) is 15.3. The second-order valence-electron chi connectivity index (χ2n) is 8.80. The van der Waals surface area contributed by atoms with Crippen LogP contribution in [0.5, 0.6) is 0 Å². The van der Waals surface area contributed by atoms with Crippen molar-refractivity contribution in [2.45, 2.75) is 72.6 Å². The van der Waals surface area contributed by atoms with E-state index in [0.29, 0.717) is 10.8 Å². The van der Waals surface area contributed by atoms with E-state index in [1.807, 2.05) is 0 Å². The SMILES string of the molecule is CCCC1(CN2CCCC(C(C)(C)C)CC2)CCCNC1. The lowest BCUT2D eigenvalue weighted by Gasteiger charge is -2.41. The first-order valence-corrected chi connectivity index (χ1v) is 9.38. The summed E-state index contributed by atoms with van der Waals surface area (Å²) in [5.74, 6) is 0.911. The van der Waals surface area contributed by atoms with Gasteiger partial charge >= 0.3 is 0 Å². The van der Waals surface area contributed by atoms with Crippen molar-refractivity contribution in [2.24, 2.45) is 16.7 Å². The van der Waals surface area contributed by atoms with Crippen LogP contribution in [-0.2, 0) is 0 Å². The van der Waals surface area contributed by atoms with Crippen LogP contribution in [0.1, 0.15) is 72.6 Å². The van der Waals surface area contributed by atoms with Crippen LogP contribution in [0.15, 0.2) is 0 Å². The van der Waals surface area contributed by atoms with Crippen LogP contribution in [0, 0.1) is 16.7 Å². The summed E-state index contributed by atoms with van der Waals surface area (Å²) in [6, 6.07) is 0. The van der Waals surface area contributed by atoms with Crippen LogP contribution >= 0.6 is 0 Å². The van der Waals surface area contributed by atoms with E-state index in [4.69, 9.17) is 0 Å². The van der Waals surface area contributed by atoms with Crippen molar-refractivity contribution < 1.29 is 0 Å². The number of piperidine rings is 1. The summed E-state index contributed by atoms with van der Waals surface area (Å²) in [6.45, 7) is 16.1. The molecule has 0 aromatic rings. The molecule has 0 radical (unpaired) electrons. The average Bonchev–Trinajstić information content (AvgIpc) is 2.65. The van der Waals surface area contributed by atoms with E-state index in [2.05, 4.69) is 37.9 Å². The second-order valence-corrected chi connectivity index (χ2v) is 8.80. The van der Waals surface area contributed by atoms with Gasteiger partial charge in [-0.25, -0.2) is 0 Å². The number of nitrogens with one attached hydrogen (secondary N) is 1. The summed E-state index contributed by atoms with van der Waals surface area (Å²) >= 11 is 0. The second kappa shape index (κ2) is 7.46. The van der Waals surface area contributed by atoms with Crippen LogP contribution < -0.4 is 5.32 Å². The van der Waals surface area contributed by atoms with Crippen LogP contribution in [0.4, 0.5) is 0 Å². The van der Waals surface area contributed by atoms with E-state index in [1.54, 1.807) is 0 Å². The maximum Gasteiger partial charge on any atom is 0.00501 e. The fourth-order valence-corrected chi connectivity index (χ4v) is 4.64. The third-order valence-corrected chi connectivity index (χ3v) is 5.95. The van der Waals surface area contributed by atoms with Crippen molar-refractivity contribution in [1.29, 1.82) is 0 Å². The Morgan fingerprint density at radius 1 is 1.14 bits per heavy atom. The molecule has 2 rings (SSSR count). The summed E-state index contributed by atoms with van der Waals surface area (Å²) in [6.07, 6.45) is 9.78. The normalized spacial score (nSPS) is 32.9. The van der Waals surface area contributed by atoms with E-state index >= 15 is 0 Å². The van der Waals surface area contributed by atoms with Crippen molar-refractivity contribution in [1.82, 2.24) is 10.2 Å². The predicted octanol–water partition coefficient (Wildman–Crippen LogP) is 4.30. The zero-order valence-corrected chi connectivity index (χ0v) is 15.0. The van der Waals surface area contributed by atoms with Crippen LogP contribution in [0.2, 0.25) is 0 Å². The molecular formula is C19H38N2. The molecule has 0 spiro atoms. The van der Waals surface area contributed by atoms with Gasteiger partial charge in [0.25, 0.3) is 0 Å². The molecule has 2 aliphatic heterocycles. The molecule has 0 bridgehead atoms. The fraction of sp³-hybridized carbons (Fsp3) is 1.00. The topological polar surface area (TPSA) is 15.3 Å². The highest BCUT2D eigenvalue weighted by Crippen LogP contribution is 2.37. The third kappa shape index (κ3) is 4.96. The van der Waals surface area contributed by atoms with Gasteiger partial charge in [0.15, 0.2) is 0 Å². The van der Waals surface area contributed by atoms with Crippen LogP contribution in [0.25, 0.3) is 0 Å². The van der Waals surface area contributed by atoms with Crippen molar-refractivity contribution in [2.75, 3.05) is 32.7 Å². The molecule has 0 aromatic carbocycles. The first-order chi connectivity index (χ1) is 9.95. The molecule has 2 atom stereocenters. The van der Waals surface area contributed by atoms with E-state index < -0.39 is 0 Å². The highest BCUT2D eigenvalue weighted by Gasteiger charge is 2.34.